The average Bonchev–Trinajstić information content (AvgIpc) is 3.19. The molecule has 0 aliphatic carbocycles. The maximum atomic E-state index is 4.77. The zero-order valence-electron chi connectivity index (χ0n) is 17.2. The van der Waals surface area contributed by atoms with Crippen molar-refractivity contribution in [2.24, 2.45) is 4.99 Å². The van der Waals surface area contributed by atoms with Crippen molar-refractivity contribution in [1.29, 1.82) is 0 Å². The number of pyridine rings is 1. The van der Waals surface area contributed by atoms with Crippen molar-refractivity contribution in [3.05, 3.63) is 45.8 Å². The highest BCUT2D eigenvalue weighted by Gasteiger charge is 2.15. The van der Waals surface area contributed by atoms with Crippen LogP contribution in [-0.4, -0.2) is 55.6 Å². The largest absolute Gasteiger partial charge is 0.357 e. The third kappa shape index (κ3) is 5.94. The van der Waals surface area contributed by atoms with Crippen LogP contribution in [0.5, 0.6) is 0 Å². The Morgan fingerprint density at radius 3 is 2.61 bits per heavy atom. The second-order valence-corrected chi connectivity index (χ2v) is 8.34. The van der Waals surface area contributed by atoms with Gasteiger partial charge < -0.3 is 20.4 Å². The summed E-state index contributed by atoms with van der Waals surface area (Å²) in [5, 5.41) is 6.78. The smallest absolute Gasteiger partial charge is 0.191 e. The molecule has 2 N–H and O–H groups in total. The van der Waals surface area contributed by atoms with Crippen molar-refractivity contribution >= 4 is 23.1 Å². The summed E-state index contributed by atoms with van der Waals surface area (Å²) in [6.07, 6.45) is 2.99. The van der Waals surface area contributed by atoms with Crippen LogP contribution in [0.2, 0.25) is 0 Å². The van der Waals surface area contributed by atoms with Gasteiger partial charge in [-0.1, -0.05) is 6.92 Å². The Morgan fingerprint density at radius 2 is 1.89 bits per heavy atom. The quantitative estimate of drug-likeness (QED) is 0.553. The number of aromatic nitrogens is 1. The number of likely N-dealkylation sites (N-methyl/N-ethyl adjacent to an activating group) is 1. The van der Waals surface area contributed by atoms with Gasteiger partial charge in [-0.05, 0) is 50.2 Å². The maximum Gasteiger partial charge on any atom is 0.191 e. The van der Waals surface area contributed by atoms with Crippen molar-refractivity contribution in [2.45, 2.75) is 33.4 Å². The molecule has 0 amide bonds. The normalized spacial score (nSPS) is 15.7. The van der Waals surface area contributed by atoms with Crippen LogP contribution in [0.3, 0.4) is 0 Å². The van der Waals surface area contributed by atoms with Gasteiger partial charge in [-0.15, -0.1) is 11.3 Å². The fourth-order valence-electron chi connectivity index (χ4n) is 3.16. The lowest BCUT2D eigenvalue weighted by molar-refractivity contribution is 0.312. The van der Waals surface area contributed by atoms with E-state index in [2.05, 4.69) is 70.6 Å². The standard InChI is InChI=1S/C21H32N6S/c1-4-18-6-7-19(28-18)16-25-21(22-5-2)24-15-17-8-9-23-20(14-17)27-12-10-26(3)11-13-27/h6-9,14H,4-5,10-13,15-16H2,1-3H3,(H2,22,24,25). The van der Waals surface area contributed by atoms with Gasteiger partial charge in [-0.2, -0.15) is 0 Å². The van der Waals surface area contributed by atoms with Crippen LogP contribution in [0.4, 0.5) is 5.82 Å². The fraction of sp³-hybridized carbons (Fsp3) is 0.524. The summed E-state index contributed by atoms with van der Waals surface area (Å²) in [6.45, 7) is 10.8. The van der Waals surface area contributed by atoms with Crippen LogP contribution < -0.4 is 15.5 Å². The summed E-state index contributed by atoms with van der Waals surface area (Å²) < 4.78 is 0. The Hall–Kier alpha value is -2.12. The van der Waals surface area contributed by atoms with Crippen molar-refractivity contribution in [3.8, 4) is 0 Å². The number of piperazine rings is 1. The Kier molecular flexibility index (Phi) is 7.68. The number of hydrogen-bond acceptors (Lipinski definition) is 5. The van der Waals surface area contributed by atoms with Gasteiger partial charge in [-0.3, -0.25) is 0 Å². The lowest BCUT2D eigenvalue weighted by atomic mass is 10.2. The van der Waals surface area contributed by atoms with Gasteiger partial charge in [0, 0.05) is 48.7 Å². The lowest BCUT2D eigenvalue weighted by Crippen LogP contribution is -2.44. The van der Waals surface area contributed by atoms with Crippen molar-refractivity contribution in [1.82, 2.24) is 20.5 Å². The van der Waals surface area contributed by atoms with Gasteiger partial charge in [-0.25, -0.2) is 9.98 Å². The first-order valence-electron chi connectivity index (χ1n) is 10.2. The summed E-state index contributed by atoms with van der Waals surface area (Å²) in [6, 6.07) is 8.64. The summed E-state index contributed by atoms with van der Waals surface area (Å²) in [4.78, 5) is 16.8. The number of aryl methyl sites for hydroxylation is 1. The van der Waals surface area contributed by atoms with E-state index in [0.29, 0.717) is 6.54 Å². The molecule has 0 spiro atoms. The topological polar surface area (TPSA) is 55.8 Å². The number of thiophene rings is 1. The van der Waals surface area contributed by atoms with Crippen molar-refractivity contribution < 1.29 is 0 Å². The zero-order valence-corrected chi connectivity index (χ0v) is 18.1. The molecule has 0 atom stereocenters. The molecule has 2 aromatic heterocycles. The summed E-state index contributed by atoms with van der Waals surface area (Å²) >= 11 is 1.86. The van der Waals surface area contributed by atoms with Crippen LogP contribution in [0, 0.1) is 0 Å². The molecule has 3 heterocycles. The Labute approximate surface area is 172 Å². The SMILES string of the molecule is CCNC(=NCc1ccnc(N2CCN(C)CC2)c1)NCc1ccc(CC)s1. The molecule has 0 aromatic carbocycles. The first-order valence-corrected chi connectivity index (χ1v) is 11.0. The molecule has 2 aromatic rings. The minimum absolute atomic E-state index is 0.642. The minimum Gasteiger partial charge on any atom is -0.357 e. The molecule has 1 aliphatic rings. The highest BCUT2D eigenvalue weighted by molar-refractivity contribution is 7.11. The Bertz CT molecular complexity index is 764. The first-order chi connectivity index (χ1) is 13.7. The predicted octanol–water partition coefficient (Wildman–Crippen LogP) is 2.71. The molecule has 1 saturated heterocycles. The van der Waals surface area contributed by atoms with Crippen molar-refractivity contribution in [3.63, 3.8) is 0 Å². The van der Waals surface area contributed by atoms with Crippen LogP contribution >= 0.6 is 11.3 Å². The third-order valence-corrected chi connectivity index (χ3v) is 6.13. The molecule has 0 saturated carbocycles. The Balaban J connectivity index is 1.59. The van der Waals surface area contributed by atoms with Gasteiger partial charge in [0.05, 0.1) is 13.1 Å². The number of guanidine groups is 1. The minimum atomic E-state index is 0.642. The molecule has 7 heteroatoms. The molecule has 0 radical (unpaired) electrons. The van der Waals surface area contributed by atoms with Gasteiger partial charge in [0.1, 0.15) is 5.82 Å². The monoisotopic (exact) mass is 400 g/mol. The van der Waals surface area contributed by atoms with E-state index in [-0.39, 0.29) is 0 Å². The van der Waals surface area contributed by atoms with E-state index in [1.807, 2.05) is 17.5 Å². The van der Waals surface area contributed by atoms with E-state index in [4.69, 9.17) is 4.99 Å². The van der Waals surface area contributed by atoms with Gasteiger partial charge >= 0.3 is 0 Å². The number of rotatable bonds is 7. The number of anilines is 1. The van der Waals surface area contributed by atoms with E-state index in [1.165, 1.54) is 15.3 Å². The summed E-state index contributed by atoms with van der Waals surface area (Å²) in [7, 11) is 2.17. The third-order valence-electron chi connectivity index (χ3n) is 4.90. The molecular weight excluding hydrogens is 368 g/mol. The van der Waals surface area contributed by atoms with E-state index in [1.54, 1.807) is 0 Å². The van der Waals surface area contributed by atoms with E-state index >= 15 is 0 Å². The summed E-state index contributed by atoms with van der Waals surface area (Å²) in [5.74, 6) is 1.91. The molecule has 3 rings (SSSR count). The van der Waals surface area contributed by atoms with Crippen LogP contribution in [0.1, 0.15) is 29.2 Å². The molecule has 0 unspecified atom stereocenters. The highest BCUT2D eigenvalue weighted by Crippen LogP contribution is 2.17. The van der Waals surface area contributed by atoms with E-state index < -0.39 is 0 Å². The predicted molar refractivity (Wildman–Crippen MR) is 119 cm³/mol. The molecular formula is C21H32N6S. The molecule has 28 heavy (non-hydrogen) atoms. The van der Waals surface area contributed by atoms with Crippen LogP contribution in [0.15, 0.2) is 35.5 Å². The number of hydrogen-bond donors (Lipinski definition) is 2. The molecule has 152 valence electrons. The van der Waals surface area contributed by atoms with Gasteiger partial charge in [0.15, 0.2) is 5.96 Å². The van der Waals surface area contributed by atoms with Crippen LogP contribution in [0.25, 0.3) is 0 Å². The second-order valence-electron chi connectivity index (χ2n) is 7.08. The second kappa shape index (κ2) is 10.4. The van der Waals surface area contributed by atoms with Crippen LogP contribution in [-0.2, 0) is 19.5 Å². The maximum absolute atomic E-state index is 4.77. The van der Waals surface area contributed by atoms with E-state index in [9.17, 15) is 0 Å². The average molecular weight is 401 g/mol. The molecule has 0 bridgehead atoms. The number of aliphatic imine (C=N–C) groups is 1. The lowest BCUT2D eigenvalue weighted by Gasteiger charge is -2.33. The number of nitrogens with zero attached hydrogens (tertiary/aromatic N) is 4. The first kappa shape index (κ1) is 20.6. The van der Waals surface area contributed by atoms with Gasteiger partial charge in [0.2, 0.25) is 0 Å². The van der Waals surface area contributed by atoms with Gasteiger partial charge in [0.25, 0.3) is 0 Å². The summed E-state index contributed by atoms with van der Waals surface area (Å²) in [5.41, 5.74) is 1.19. The fourth-order valence-corrected chi connectivity index (χ4v) is 4.06. The molecule has 1 aliphatic heterocycles. The van der Waals surface area contributed by atoms with Crippen molar-refractivity contribution in [2.75, 3.05) is 44.7 Å². The highest BCUT2D eigenvalue weighted by atomic mass is 32.1. The molecule has 6 nitrogen and oxygen atoms in total. The zero-order chi connectivity index (χ0) is 19.8. The Morgan fingerprint density at radius 1 is 1.11 bits per heavy atom. The number of nitrogens with one attached hydrogen (secondary N) is 2. The molecule has 1 fully saturated rings. The van der Waals surface area contributed by atoms with E-state index in [0.717, 1.165) is 57.5 Å².